The van der Waals surface area contributed by atoms with E-state index < -0.39 is 11.9 Å². The highest BCUT2D eigenvalue weighted by Crippen LogP contribution is 2.24. The number of rotatable bonds is 4. The zero-order chi connectivity index (χ0) is 20.4. The molecule has 7 heteroatoms. The van der Waals surface area contributed by atoms with Crippen LogP contribution in [0.3, 0.4) is 0 Å². The Bertz CT molecular complexity index is 609. The van der Waals surface area contributed by atoms with Gasteiger partial charge in [-0.2, -0.15) is 0 Å². The van der Waals surface area contributed by atoms with Gasteiger partial charge in [-0.3, -0.25) is 9.80 Å². The summed E-state index contributed by atoms with van der Waals surface area (Å²) in [5.74, 6) is -2.63. The summed E-state index contributed by atoms with van der Waals surface area (Å²) in [5, 5.41) is 14.8. The highest BCUT2D eigenvalue weighted by molar-refractivity contribution is 6.27. The molecule has 1 aliphatic heterocycles. The molecule has 1 heterocycles. The normalized spacial score (nSPS) is 19.2. The number of carboxylic acids is 2. The van der Waals surface area contributed by atoms with E-state index in [1.54, 1.807) is 7.11 Å². The Labute approximate surface area is 166 Å². The van der Waals surface area contributed by atoms with Crippen LogP contribution in [0.15, 0.2) is 24.3 Å². The molecular formula is C21H32N2O5. The van der Waals surface area contributed by atoms with Gasteiger partial charge in [-0.1, -0.05) is 43.9 Å². The number of nitrogens with zero attached hydrogens (tertiary/aromatic N) is 2. The third-order valence-electron chi connectivity index (χ3n) is 5.52. The van der Waals surface area contributed by atoms with Crippen molar-refractivity contribution in [2.75, 3.05) is 33.3 Å². The van der Waals surface area contributed by atoms with Gasteiger partial charge in [0.1, 0.15) is 5.75 Å². The maximum atomic E-state index is 9.10. The lowest BCUT2D eigenvalue weighted by Crippen LogP contribution is -2.49. The van der Waals surface area contributed by atoms with Gasteiger partial charge in [0.05, 0.1) is 7.11 Å². The van der Waals surface area contributed by atoms with E-state index in [4.69, 9.17) is 24.5 Å². The van der Waals surface area contributed by atoms with E-state index in [0.717, 1.165) is 18.3 Å². The highest BCUT2D eigenvalue weighted by atomic mass is 16.5. The number of aliphatic carboxylic acids is 2. The van der Waals surface area contributed by atoms with Crippen molar-refractivity contribution < 1.29 is 24.5 Å². The van der Waals surface area contributed by atoms with E-state index in [9.17, 15) is 0 Å². The molecule has 0 amide bonds. The number of hydrogen-bond acceptors (Lipinski definition) is 5. The predicted octanol–water partition coefficient (Wildman–Crippen LogP) is 2.69. The topological polar surface area (TPSA) is 90.3 Å². The van der Waals surface area contributed by atoms with Crippen LogP contribution in [-0.4, -0.2) is 71.3 Å². The first-order valence-electron chi connectivity index (χ1n) is 10.1. The van der Waals surface area contributed by atoms with Crippen LogP contribution in [0.25, 0.3) is 0 Å². The zero-order valence-corrected chi connectivity index (χ0v) is 16.7. The van der Waals surface area contributed by atoms with Crippen LogP contribution in [0.5, 0.6) is 5.75 Å². The quantitative estimate of drug-likeness (QED) is 0.601. The third-order valence-corrected chi connectivity index (χ3v) is 5.52. The summed E-state index contributed by atoms with van der Waals surface area (Å²) < 4.78 is 5.48. The molecular weight excluding hydrogens is 360 g/mol. The summed E-state index contributed by atoms with van der Waals surface area (Å²) in [7, 11) is 1.77. The number of hydrogen-bond donors (Lipinski definition) is 2. The van der Waals surface area contributed by atoms with Gasteiger partial charge >= 0.3 is 11.9 Å². The first-order valence-corrected chi connectivity index (χ1v) is 10.1. The van der Waals surface area contributed by atoms with Crippen molar-refractivity contribution in [2.24, 2.45) is 0 Å². The Kier molecular flexibility index (Phi) is 9.23. The Morgan fingerprint density at radius 3 is 2.07 bits per heavy atom. The lowest BCUT2D eigenvalue weighted by Gasteiger charge is -2.39. The van der Waals surface area contributed by atoms with Crippen molar-refractivity contribution in [3.8, 4) is 5.75 Å². The minimum Gasteiger partial charge on any atom is -0.496 e. The lowest BCUT2D eigenvalue weighted by molar-refractivity contribution is -0.159. The van der Waals surface area contributed by atoms with Crippen LogP contribution in [0.2, 0.25) is 0 Å². The second-order valence-electron chi connectivity index (χ2n) is 7.38. The van der Waals surface area contributed by atoms with Gasteiger partial charge in [0.15, 0.2) is 0 Å². The molecule has 28 heavy (non-hydrogen) atoms. The largest absolute Gasteiger partial charge is 0.496 e. The molecule has 156 valence electrons. The van der Waals surface area contributed by atoms with Gasteiger partial charge in [-0.05, 0) is 18.9 Å². The Hall–Kier alpha value is -2.12. The van der Waals surface area contributed by atoms with Crippen LogP contribution >= 0.6 is 0 Å². The molecule has 1 saturated heterocycles. The van der Waals surface area contributed by atoms with Gasteiger partial charge in [-0.25, -0.2) is 9.59 Å². The minimum atomic E-state index is -1.82. The van der Waals surface area contributed by atoms with Crippen molar-refractivity contribution in [2.45, 2.75) is 51.1 Å². The lowest BCUT2D eigenvalue weighted by atomic mass is 10.1. The maximum Gasteiger partial charge on any atom is 0.414 e. The number of methoxy groups -OCH3 is 1. The van der Waals surface area contributed by atoms with Crippen LogP contribution in [0.1, 0.15) is 44.1 Å². The molecule has 2 aliphatic rings. The highest BCUT2D eigenvalue weighted by Gasteiger charge is 2.24. The third kappa shape index (κ3) is 7.13. The van der Waals surface area contributed by atoms with Gasteiger partial charge in [0, 0.05) is 44.3 Å². The molecule has 0 atom stereocenters. The minimum absolute atomic E-state index is 0.857. The second kappa shape index (κ2) is 11.7. The van der Waals surface area contributed by atoms with Crippen LogP contribution in [0, 0.1) is 0 Å². The molecule has 0 bridgehead atoms. The molecule has 1 aliphatic carbocycles. The molecule has 0 radical (unpaired) electrons. The van der Waals surface area contributed by atoms with E-state index in [1.807, 2.05) is 6.07 Å². The first-order chi connectivity index (χ1) is 13.5. The van der Waals surface area contributed by atoms with Crippen LogP contribution in [-0.2, 0) is 16.1 Å². The SMILES string of the molecule is COc1ccccc1CN1CCN(C2CCCCCC2)CC1.O=C(O)C(=O)O. The summed E-state index contributed by atoms with van der Waals surface area (Å²) >= 11 is 0. The molecule has 7 nitrogen and oxygen atoms in total. The number of carboxylic acid groups (broad SMARTS) is 2. The maximum absolute atomic E-state index is 9.10. The molecule has 0 unspecified atom stereocenters. The average molecular weight is 392 g/mol. The predicted molar refractivity (Wildman–Crippen MR) is 107 cm³/mol. The molecule has 1 aromatic rings. The fraction of sp³-hybridized carbons (Fsp3) is 0.619. The first kappa shape index (κ1) is 22.2. The van der Waals surface area contributed by atoms with Crippen LogP contribution < -0.4 is 4.74 Å². The summed E-state index contributed by atoms with van der Waals surface area (Å²) in [5.41, 5.74) is 1.31. The van der Waals surface area contributed by atoms with Gasteiger partial charge in [0.25, 0.3) is 0 Å². The van der Waals surface area contributed by atoms with E-state index in [0.29, 0.717) is 0 Å². The van der Waals surface area contributed by atoms with E-state index in [-0.39, 0.29) is 0 Å². The van der Waals surface area contributed by atoms with Crippen LogP contribution in [0.4, 0.5) is 0 Å². The zero-order valence-electron chi connectivity index (χ0n) is 16.7. The fourth-order valence-corrected chi connectivity index (χ4v) is 3.98. The van der Waals surface area contributed by atoms with Crippen molar-refractivity contribution in [1.82, 2.24) is 9.80 Å². The summed E-state index contributed by atoms with van der Waals surface area (Å²) in [6, 6.07) is 9.27. The molecule has 1 aromatic carbocycles. The van der Waals surface area contributed by atoms with E-state index >= 15 is 0 Å². The molecule has 2 N–H and O–H groups in total. The number of ether oxygens (including phenoxy) is 1. The molecule has 0 spiro atoms. The van der Waals surface area contributed by atoms with Crippen molar-refractivity contribution in [1.29, 1.82) is 0 Å². The van der Waals surface area contributed by atoms with E-state index in [1.165, 1.54) is 70.3 Å². The number of benzene rings is 1. The Balaban J connectivity index is 0.000000409. The van der Waals surface area contributed by atoms with Gasteiger partial charge in [0.2, 0.25) is 0 Å². The molecule has 1 saturated carbocycles. The van der Waals surface area contributed by atoms with Crippen molar-refractivity contribution in [3.05, 3.63) is 29.8 Å². The number of piperazine rings is 1. The number of carbonyl (C=O) groups is 2. The Morgan fingerprint density at radius 2 is 1.54 bits per heavy atom. The molecule has 2 fully saturated rings. The monoisotopic (exact) mass is 392 g/mol. The molecule has 3 rings (SSSR count). The van der Waals surface area contributed by atoms with Gasteiger partial charge in [-0.15, -0.1) is 0 Å². The summed E-state index contributed by atoms with van der Waals surface area (Å²) in [6.45, 7) is 5.87. The smallest absolute Gasteiger partial charge is 0.414 e. The second-order valence-corrected chi connectivity index (χ2v) is 7.38. The summed E-state index contributed by atoms with van der Waals surface area (Å²) in [4.78, 5) is 23.5. The Morgan fingerprint density at radius 1 is 0.964 bits per heavy atom. The summed E-state index contributed by atoms with van der Waals surface area (Å²) in [6.07, 6.45) is 8.62. The average Bonchev–Trinajstić information content (AvgIpc) is 2.99. The van der Waals surface area contributed by atoms with E-state index in [2.05, 4.69) is 28.0 Å². The molecule has 0 aromatic heterocycles. The fourth-order valence-electron chi connectivity index (χ4n) is 3.98. The standard InChI is InChI=1S/C19H30N2O.C2H2O4/c1-22-19-11-7-6-8-17(19)16-20-12-14-21(15-13-20)18-9-4-2-3-5-10-18;3-1(4)2(5)6/h6-8,11,18H,2-5,9-10,12-16H2,1H3;(H,3,4)(H,5,6). The van der Waals surface area contributed by atoms with Crippen molar-refractivity contribution >= 4 is 11.9 Å². The van der Waals surface area contributed by atoms with Gasteiger partial charge < -0.3 is 14.9 Å². The number of para-hydroxylation sites is 1. The van der Waals surface area contributed by atoms with Crippen molar-refractivity contribution in [3.63, 3.8) is 0 Å².